The first kappa shape index (κ1) is 27.8. The third-order valence-corrected chi connectivity index (χ3v) is 5.65. The minimum Gasteiger partial charge on any atom is -0.485 e. The lowest BCUT2D eigenvalue weighted by molar-refractivity contribution is -0.134. The van der Waals surface area contributed by atoms with Crippen molar-refractivity contribution in [3.63, 3.8) is 0 Å². The van der Waals surface area contributed by atoms with E-state index in [0.717, 1.165) is 18.2 Å². The second kappa shape index (κ2) is 11.8. The summed E-state index contributed by atoms with van der Waals surface area (Å²) in [5.74, 6) is -1.95. The number of aliphatic carboxylic acids is 2. The topological polar surface area (TPSA) is 162 Å². The van der Waals surface area contributed by atoms with Crippen molar-refractivity contribution in [1.82, 2.24) is 5.32 Å². The van der Waals surface area contributed by atoms with Crippen molar-refractivity contribution in [2.45, 2.75) is 38.0 Å². The zero-order valence-corrected chi connectivity index (χ0v) is 20.5. The molecule has 35 heavy (non-hydrogen) atoms. The number of sulfonamides is 1. The number of anilines is 1. The van der Waals surface area contributed by atoms with Crippen molar-refractivity contribution in [3.05, 3.63) is 71.8 Å². The first-order valence-corrected chi connectivity index (χ1v) is 12.6. The summed E-state index contributed by atoms with van der Waals surface area (Å²) in [6, 6.07) is 15.0. The molecule has 2 unspecified atom stereocenters. The molecule has 0 aliphatic carbocycles. The summed E-state index contributed by atoms with van der Waals surface area (Å²) >= 11 is 0. The molecule has 0 amide bonds. The predicted octanol–water partition coefficient (Wildman–Crippen LogP) is 2.18. The van der Waals surface area contributed by atoms with Gasteiger partial charge in [0.05, 0.1) is 18.0 Å². The largest absolute Gasteiger partial charge is 0.485 e. The highest BCUT2D eigenvalue weighted by atomic mass is 32.2. The number of hydrogen-bond acceptors (Lipinski definition) is 7. The van der Waals surface area contributed by atoms with E-state index in [1.54, 1.807) is 18.2 Å². The molecule has 0 saturated carbocycles. The minimum absolute atomic E-state index is 0.306. The van der Waals surface area contributed by atoms with Crippen molar-refractivity contribution in [2.24, 2.45) is 0 Å². The van der Waals surface area contributed by atoms with Gasteiger partial charge in [-0.1, -0.05) is 36.4 Å². The molecule has 1 heterocycles. The van der Waals surface area contributed by atoms with Crippen LogP contribution in [0.5, 0.6) is 5.75 Å². The van der Waals surface area contributed by atoms with Crippen molar-refractivity contribution in [2.75, 3.05) is 17.5 Å². The Kier molecular flexibility index (Phi) is 9.40. The number of benzene rings is 2. The maximum absolute atomic E-state index is 11.5. The third kappa shape index (κ3) is 9.04. The zero-order valence-electron chi connectivity index (χ0n) is 19.6. The fraction of sp³-hybridized carbons (Fsp3) is 0.333. The smallest absolute Gasteiger partial charge is 0.328 e. The highest BCUT2D eigenvalue weighted by Gasteiger charge is 2.42. The molecule has 190 valence electrons. The summed E-state index contributed by atoms with van der Waals surface area (Å²) in [6.45, 7) is 4.34. The minimum atomic E-state index is -3.37. The van der Waals surface area contributed by atoms with Crippen molar-refractivity contribution >= 4 is 27.6 Å². The fourth-order valence-electron chi connectivity index (χ4n) is 3.45. The van der Waals surface area contributed by atoms with E-state index < -0.39 is 33.7 Å². The van der Waals surface area contributed by atoms with Gasteiger partial charge in [0, 0.05) is 23.8 Å². The Hall–Kier alpha value is -3.41. The van der Waals surface area contributed by atoms with E-state index in [0.29, 0.717) is 30.1 Å². The van der Waals surface area contributed by atoms with Crippen LogP contribution < -0.4 is 14.8 Å². The van der Waals surface area contributed by atoms with Gasteiger partial charge in [-0.15, -0.1) is 0 Å². The molecule has 2 atom stereocenters. The second-order valence-corrected chi connectivity index (χ2v) is 10.2. The third-order valence-electron chi connectivity index (χ3n) is 5.04. The standard InChI is InChI=1S/C20H26N2O4S.C4H4O4/c1-20(2)19(23)18(21-12-11-14-7-5-4-6-8-14)16-10-9-15(13-17(16)26-20)22-27(3,24)25;5-3(6)1-2-4(7)8/h4-10,13,18-19,21-23H,11-12H2,1-3H3;1-2H,(H,5,6)(H,7,8)/b;2-1-. The molecular formula is C24H30N2O8S. The predicted molar refractivity (Wildman–Crippen MR) is 131 cm³/mol. The molecule has 1 aliphatic rings. The fourth-order valence-corrected chi connectivity index (χ4v) is 4.01. The van der Waals surface area contributed by atoms with Crippen LogP contribution in [0.25, 0.3) is 0 Å². The normalized spacial score (nSPS) is 18.5. The molecule has 0 fully saturated rings. The molecule has 5 N–H and O–H groups in total. The molecule has 2 aromatic carbocycles. The van der Waals surface area contributed by atoms with Gasteiger partial charge in [0.1, 0.15) is 17.5 Å². The molecule has 3 rings (SSSR count). The number of ether oxygens (including phenoxy) is 1. The number of fused-ring (bicyclic) bond motifs is 1. The number of carbonyl (C=O) groups is 2. The summed E-state index contributed by atoms with van der Waals surface area (Å²) < 4.78 is 31.4. The van der Waals surface area contributed by atoms with Crippen LogP contribution in [0, 0.1) is 0 Å². The Morgan fingerprint density at radius 1 is 1.06 bits per heavy atom. The van der Waals surface area contributed by atoms with Crippen LogP contribution in [0.15, 0.2) is 60.7 Å². The zero-order chi connectivity index (χ0) is 26.2. The van der Waals surface area contributed by atoms with E-state index in [-0.39, 0.29) is 6.04 Å². The highest BCUT2D eigenvalue weighted by Crippen LogP contribution is 2.41. The number of rotatable bonds is 8. The molecule has 0 aromatic heterocycles. The Balaban J connectivity index is 0.000000466. The average molecular weight is 507 g/mol. The number of carboxylic acids is 2. The van der Waals surface area contributed by atoms with Crippen molar-refractivity contribution in [1.29, 1.82) is 0 Å². The molecule has 2 aromatic rings. The Morgan fingerprint density at radius 3 is 2.20 bits per heavy atom. The summed E-state index contributed by atoms with van der Waals surface area (Å²) in [7, 11) is -3.37. The van der Waals surface area contributed by atoms with Crippen LogP contribution in [0.3, 0.4) is 0 Å². The maximum Gasteiger partial charge on any atom is 0.328 e. The van der Waals surface area contributed by atoms with E-state index in [9.17, 15) is 23.1 Å². The van der Waals surface area contributed by atoms with Crippen LogP contribution >= 0.6 is 0 Å². The molecule has 11 heteroatoms. The number of aliphatic hydroxyl groups excluding tert-OH is 1. The van der Waals surface area contributed by atoms with Gasteiger partial charge in [-0.05, 0) is 38.4 Å². The van der Waals surface area contributed by atoms with Crippen LogP contribution in [0.2, 0.25) is 0 Å². The molecule has 0 bridgehead atoms. The van der Waals surface area contributed by atoms with Crippen LogP contribution in [-0.4, -0.2) is 60.2 Å². The van der Waals surface area contributed by atoms with Gasteiger partial charge in [-0.2, -0.15) is 0 Å². The number of nitrogens with one attached hydrogen (secondary N) is 2. The Morgan fingerprint density at radius 2 is 1.66 bits per heavy atom. The SMILES string of the molecule is CC1(C)Oc2cc(NS(C)(=O)=O)ccc2C(NCCc2ccccc2)C1O.O=C(O)/C=C\C(=O)O. The van der Waals surface area contributed by atoms with Gasteiger partial charge in [-0.3, -0.25) is 4.72 Å². The van der Waals surface area contributed by atoms with E-state index in [1.165, 1.54) is 5.56 Å². The van der Waals surface area contributed by atoms with Gasteiger partial charge in [-0.25, -0.2) is 18.0 Å². The Labute approximate surface area is 204 Å². The maximum atomic E-state index is 11.5. The van der Waals surface area contributed by atoms with Gasteiger partial charge < -0.3 is 25.4 Å². The van der Waals surface area contributed by atoms with Crippen molar-refractivity contribution in [3.8, 4) is 5.75 Å². The lowest BCUT2D eigenvalue weighted by atomic mass is 9.86. The van der Waals surface area contributed by atoms with Crippen LogP contribution in [-0.2, 0) is 26.0 Å². The summed E-state index contributed by atoms with van der Waals surface area (Å²) in [5, 5.41) is 29.9. The number of hydrogen-bond donors (Lipinski definition) is 5. The van der Waals surface area contributed by atoms with Gasteiger partial charge in [0.25, 0.3) is 0 Å². The second-order valence-electron chi connectivity index (χ2n) is 8.45. The van der Waals surface area contributed by atoms with Crippen LogP contribution in [0.1, 0.15) is 31.0 Å². The van der Waals surface area contributed by atoms with Crippen LogP contribution in [0.4, 0.5) is 5.69 Å². The Bertz CT molecular complexity index is 1150. The van der Waals surface area contributed by atoms with E-state index in [1.807, 2.05) is 32.0 Å². The summed E-state index contributed by atoms with van der Waals surface area (Å²) in [4.78, 5) is 19.1. The lowest BCUT2D eigenvalue weighted by Gasteiger charge is -2.42. The molecular weight excluding hydrogens is 476 g/mol. The summed E-state index contributed by atoms with van der Waals surface area (Å²) in [6.07, 6.45) is 2.32. The number of carboxylic acid groups (broad SMARTS) is 2. The van der Waals surface area contributed by atoms with E-state index in [2.05, 4.69) is 22.2 Å². The summed E-state index contributed by atoms with van der Waals surface area (Å²) in [5.41, 5.74) is 1.67. The lowest BCUT2D eigenvalue weighted by Crippen LogP contribution is -2.52. The van der Waals surface area contributed by atoms with Gasteiger partial charge >= 0.3 is 11.9 Å². The molecule has 1 aliphatic heterocycles. The molecule has 0 saturated heterocycles. The molecule has 10 nitrogen and oxygen atoms in total. The first-order valence-electron chi connectivity index (χ1n) is 10.7. The van der Waals surface area contributed by atoms with E-state index >= 15 is 0 Å². The van der Waals surface area contributed by atoms with E-state index in [4.69, 9.17) is 14.9 Å². The molecule has 0 radical (unpaired) electrons. The van der Waals surface area contributed by atoms with Gasteiger partial charge in [0.2, 0.25) is 10.0 Å². The number of aliphatic hydroxyl groups is 1. The van der Waals surface area contributed by atoms with Gasteiger partial charge in [0.15, 0.2) is 0 Å². The monoisotopic (exact) mass is 506 g/mol. The average Bonchev–Trinajstić information content (AvgIpc) is 2.75. The molecule has 0 spiro atoms. The first-order chi connectivity index (χ1) is 16.3. The highest BCUT2D eigenvalue weighted by molar-refractivity contribution is 7.92. The van der Waals surface area contributed by atoms with Crippen molar-refractivity contribution < 1.29 is 38.1 Å². The quantitative estimate of drug-likeness (QED) is 0.338.